The Bertz CT molecular complexity index is 1190. The standard InChI is InChI=1S/C55H99NO8/c1-6-8-10-12-14-15-16-17-18-19-20-21-22-23-24-25-26-27-28-29-30-31-32-33-34-35-36-37-38-39-40-42-44-46-53(58)64-51(49-62-52(57)45-43-41-13-11-9-7-2)50-63-55(54(59)60)61-48-47-56(3,4)5/h8,10,14-15,17-18,20-21,51,55H,6-7,9,11-13,16,19,22-50H2,1-5H3/b10-8-,15-14-,18-17-,21-20-. The zero-order chi connectivity index (χ0) is 47.0. The van der Waals surface area contributed by atoms with Gasteiger partial charge in [0.1, 0.15) is 13.2 Å². The van der Waals surface area contributed by atoms with E-state index < -0.39 is 24.3 Å². The summed E-state index contributed by atoms with van der Waals surface area (Å²) in [6, 6.07) is 0. The van der Waals surface area contributed by atoms with Gasteiger partial charge in [-0.25, -0.2) is 0 Å². The van der Waals surface area contributed by atoms with Gasteiger partial charge in [0.15, 0.2) is 12.4 Å². The fourth-order valence-electron chi connectivity index (χ4n) is 7.29. The molecule has 0 aromatic rings. The number of carbonyl (C=O) groups excluding carboxylic acids is 3. The Hall–Kier alpha value is -2.75. The Labute approximate surface area is 393 Å². The van der Waals surface area contributed by atoms with E-state index in [1.165, 1.54) is 128 Å². The Morgan fingerprint density at radius 2 is 0.891 bits per heavy atom. The second-order valence-corrected chi connectivity index (χ2v) is 18.8. The number of allylic oxidation sites excluding steroid dienone is 8. The number of esters is 2. The number of hydrogen-bond acceptors (Lipinski definition) is 8. The van der Waals surface area contributed by atoms with Gasteiger partial charge in [-0.15, -0.1) is 0 Å². The minimum Gasteiger partial charge on any atom is -0.545 e. The van der Waals surface area contributed by atoms with Gasteiger partial charge >= 0.3 is 11.9 Å². The molecule has 0 heterocycles. The molecule has 0 aliphatic rings. The summed E-state index contributed by atoms with van der Waals surface area (Å²) in [7, 11) is 5.91. The van der Waals surface area contributed by atoms with Crippen LogP contribution in [0.3, 0.4) is 0 Å². The summed E-state index contributed by atoms with van der Waals surface area (Å²) in [6.45, 7) is 4.57. The van der Waals surface area contributed by atoms with Crippen molar-refractivity contribution in [3.05, 3.63) is 48.6 Å². The van der Waals surface area contributed by atoms with Crippen LogP contribution in [0.4, 0.5) is 0 Å². The van der Waals surface area contributed by atoms with E-state index in [4.69, 9.17) is 18.9 Å². The molecule has 0 aromatic carbocycles. The van der Waals surface area contributed by atoms with E-state index in [0.717, 1.165) is 64.2 Å². The zero-order valence-electron chi connectivity index (χ0n) is 42.1. The monoisotopic (exact) mass is 902 g/mol. The Balaban J connectivity index is 3.93. The Kier molecular flexibility index (Phi) is 44.8. The highest BCUT2D eigenvalue weighted by atomic mass is 16.7. The van der Waals surface area contributed by atoms with E-state index in [9.17, 15) is 19.5 Å². The minimum absolute atomic E-state index is 0.149. The molecule has 0 spiro atoms. The predicted molar refractivity (Wildman–Crippen MR) is 265 cm³/mol. The number of carbonyl (C=O) groups is 3. The van der Waals surface area contributed by atoms with Crippen molar-refractivity contribution in [2.45, 2.75) is 238 Å². The molecule has 0 N–H and O–H groups in total. The number of nitrogens with zero attached hydrogens (tertiary/aromatic N) is 1. The molecule has 0 rings (SSSR count). The van der Waals surface area contributed by atoms with E-state index in [1.807, 2.05) is 21.1 Å². The van der Waals surface area contributed by atoms with Crippen LogP contribution in [0.2, 0.25) is 0 Å². The zero-order valence-corrected chi connectivity index (χ0v) is 42.1. The second kappa shape index (κ2) is 46.8. The van der Waals surface area contributed by atoms with Gasteiger partial charge < -0.3 is 33.3 Å². The lowest BCUT2D eigenvalue weighted by Gasteiger charge is -2.26. The van der Waals surface area contributed by atoms with Crippen LogP contribution >= 0.6 is 0 Å². The first-order valence-corrected chi connectivity index (χ1v) is 26.3. The molecular formula is C55H99NO8. The Morgan fingerprint density at radius 1 is 0.484 bits per heavy atom. The lowest BCUT2D eigenvalue weighted by molar-refractivity contribution is -0.870. The van der Waals surface area contributed by atoms with Crippen molar-refractivity contribution in [1.82, 2.24) is 0 Å². The predicted octanol–water partition coefficient (Wildman–Crippen LogP) is 13.4. The van der Waals surface area contributed by atoms with E-state index in [0.29, 0.717) is 23.9 Å². The van der Waals surface area contributed by atoms with Crippen LogP contribution in [0.5, 0.6) is 0 Å². The summed E-state index contributed by atoms with van der Waals surface area (Å²) in [5.41, 5.74) is 0. The van der Waals surface area contributed by atoms with Crippen molar-refractivity contribution < 1.29 is 42.9 Å². The van der Waals surface area contributed by atoms with E-state index in [-0.39, 0.29) is 32.2 Å². The molecular weight excluding hydrogens is 803 g/mol. The average Bonchev–Trinajstić information content (AvgIpc) is 3.26. The summed E-state index contributed by atoms with van der Waals surface area (Å²) >= 11 is 0. The quantitative estimate of drug-likeness (QED) is 0.0195. The molecule has 0 aliphatic heterocycles. The molecule has 9 nitrogen and oxygen atoms in total. The molecule has 9 heteroatoms. The smallest absolute Gasteiger partial charge is 0.306 e. The van der Waals surface area contributed by atoms with Crippen molar-refractivity contribution in [3.8, 4) is 0 Å². The molecule has 2 unspecified atom stereocenters. The van der Waals surface area contributed by atoms with Crippen LogP contribution in [0.1, 0.15) is 226 Å². The van der Waals surface area contributed by atoms with Crippen LogP contribution < -0.4 is 5.11 Å². The lowest BCUT2D eigenvalue weighted by Crippen LogP contribution is -2.44. The van der Waals surface area contributed by atoms with Crippen LogP contribution in [0.25, 0.3) is 0 Å². The fourth-order valence-corrected chi connectivity index (χ4v) is 7.29. The highest BCUT2D eigenvalue weighted by molar-refractivity contribution is 5.70. The first-order valence-electron chi connectivity index (χ1n) is 26.3. The molecule has 0 bridgehead atoms. The highest BCUT2D eigenvalue weighted by Gasteiger charge is 2.22. The number of aliphatic carboxylic acids is 1. The number of quaternary nitrogens is 1. The third kappa shape index (κ3) is 47.2. The largest absolute Gasteiger partial charge is 0.545 e. The number of likely N-dealkylation sites (N-methyl/N-ethyl adjacent to an activating group) is 1. The molecule has 0 saturated carbocycles. The van der Waals surface area contributed by atoms with Gasteiger partial charge in [-0.1, -0.05) is 210 Å². The molecule has 0 aromatic heterocycles. The van der Waals surface area contributed by atoms with Gasteiger partial charge in [0.2, 0.25) is 0 Å². The van der Waals surface area contributed by atoms with Crippen LogP contribution in [0.15, 0.2) is 48.6 Å². The number of carboxylic acid groups (broad SMARTS) is 1. The van der Waals surface area contributed by atoms with Gasteiger partial charge in [0.25, 0.3) is 0 Å². The summed E-state index contributed by atoms with van der Waals surface area (Å²) in [6.07, 6.45) is 53.5. The summed E-state index contributed by atoms with van der Waals surface area (Å²) < 4.78 is 22.5. The van der Waals surface area contributed by atoms with Gasteiger partial charge in [0.05, 0.1) is 40.3 Å². The SMILES string of the molecule is CC/C=C\C/C=C\C/C=C\C/C=C\CCCCCCCCCCCCCCCCCCCCCCC(=O)OC(COC(=O)CCCCCCCC)COC(OCC[N+](C)(C)C)C(=O)[O-]. The third-order valence-electron chi connectivity index (χ3n) is 11.3. The molecule has 0 amide bonds. The Morgan fingerprint density at radius 3 is 1.33 bits per heavy atom. The van der Waals surface area contributed by atoms with Crippen LogP contribution in [-0.4, -0.2) is 82.3 Å². The van der Waals surface area contributed by atoms with Gasteiger partial charge in [-0.2, -0.15) is 0 Å². The number of rotatable bonds is 48. The van der Waals surface area contributed by atoms with Crippen molar-refractivity contribution in [2.24, 2.45) is 0 Å². The number of unbranched alkanes of at least 4 members (excludes halogenated alkanes) is 25. The molecule has 0 aliphatic carbocycles. The van der Waals surface area contributed by atoms with Crippen molar-refractivity contribution in [2.75, 3.05) is 47.5 Å². The topological polar surface area (TPSA) is 111 Å². The normalized spacial score (nSPS) is 13.2. The summed E-state index contributed by atoms with van der Waals surface area (Å²) in [4.78, 5) is 36.8. The fraction of sp³-hybridized carbons (Fsp3) is 0.800. The van der Waals surface area contributed by atoms with E-state index >= 15 is 0 Å². The molecule has 372 valence electrons. The van der Waals surface area contributed by atoms with Crippen molar-refractivity contribution >= 4 is 17.9 Å². The average molecular weight is 902 g/mol. The molecule has 0 saturated heterocycles. The first kappa shape index (κ1) is 61.2. The molecule has 0 fully saturated rings. The van der Waals surface area contributed by atoms with Gasteiger partial charge in [-0.3, -0.25) is 9.59 Å². The molecule has 0 radical (unpaired) electrons. The highest BCUT2D eigenvalue weighted by Crippen LogP contribution is 2.16. The van der Waals surface area contributed by atoms with Gasteiger partial charge in [0, 0.05) is 12.8 Å². The van der Waals surface area contributed by atoms with E-state index in [2.05, 4.69) is 62.5 Å². The van der Waals surface area contributed by atoms with Crippen LogP contribution in [0, 0.1) is 0 Å². The maximum Gasteiger partial charge on any atom is 0.306 e. The maximum atomic E-state index is 12.7. The lowest BCUT2D eigenvalue weighted by atomic mass is 10.0. The first-order chi connectivity index (χ1) is 31.1. The maximum absolute atomic E-state index is 12.7. The van der Waals surface area contributed by atoms with Crippen molar-refractivity contribution in [1.29, 1.82) is 0 Å². The number of carboxylic acids is 1. The van der Waals surface area contributed by atoms with Gasteiger partial charge in [-0.05, 0) is 51.4 Å². The van der Waals surface area contributed by atoms with Crippen molar-refractivity contribution in [3.63, 3.8) is 0 Å². The number of ether oxygens (including phenoxy) is 4. The van der Waals surface area contributed by atoms with E-state index in [1.54, 1.807) is 0 Å². The number of hydrogen-bond donors (Lipinski definition) is 0. The summed E-state index contributed by atoms with van der Waals surface area (Å²) in [5.74, 6) is -2.29. The second-order valence-electron chi connectivity index (χ2n) is 18.8. The minimum atomic E-state index is -1.62. The molecule has 64 heavy (non-hydrogen) atoms. The third-order valence-corrected chi connectivity index (χ3v) is 11.3. The van der Waals surface area contributed by atoms with Crippen LogP contribution in [-0.2, 0) is 33.3 Å². The summed E-state index contributed by atoms with van der Waals surface area (Å²) in [5, 5.41) is 11.7. The molecule has 2 atom stereocenters.